The quantitative estimate of drug-likeness (QED) is 0.194. The Morgan fingerprint density at radius 1 is 1.25 bits per heavy atom. The average Bonchev–Trinajstić information content (AvgIpc) is 3.43. The van der Waals surface area contributed by atoms with Crippen molar-refractivity contribution < 1.29 is 24.5 Å². The number of para-hydroxylation sites is 1. The second kappa shape index (κ2) is 17.2. The minimum Gasteiger partial charge on any atom is -0.512 e. The summed E-state index contributed by atoms with van der Waals surface area (Å²) in [7, 11) is 0. The summed E-state index contributed by atoms with van der Waals surface area (Å²) in [6.45, 7) is 14.8. The maximum absolute atomic E-state index is 12.3. The Labute approximate surface area is 273 Å². The van der Waals surface area contributed by atoms with Gasteiger partial charge in [0.1, 0.15) is 12.4 Å². The standard InChI is InChI=1S/C29H39BrN2O4.C7H14O/c1-19-10-14-25-21(16-19)12-11-20(2)24(25)15-13-22(33)6-5-9-28(34)32-29-31-17-23(36-29)18-35-27-8-4-3-7-26(27)30;1-5-7(3,4)6(2)8/h3-4,7-8,11-12,16,19-20,22-25,33H,5-6,9-10,13-15,17-18H2,1-2H3,(H,31,32,34);8H,2,5H2,1,3-4H3/t19-,20?,22?,23?,24?,25?;/m1./s1. The topological polar surface area (TPSA) is 100 Å². The molecule has 8 heteroatoms. The first-order valence-corrected chi connectivity index (χ1v) is 17.0. The van der Waals surface area contributed by atoms with Gasteiger partial charge in [-0.2, -0.15) is 0 Å². The number of amides is 1. The van der Waals surface area contributed by atoms with Crippen molar-refractivity contribution in [3.05, 3.63) is 64.9 Å². The van der Waals surface area contributed by atoms with Gasteiger partial charge in [-0.15, -0.1) is 0 Å². The highest BCUT2D eigenvalue weighted by Gasteiger charge is 2.33. The molecule has 7 nitrogen and oxygen atoms in total. The number of halogens is 1. The van der Waals surface area contributed by atoms with Gasteiger partial charge in [-0.25, -0.2) is 4.99 Å². The van der Waals surface area contributed by atoms with Crippen molar-refractivity contribution in [2.75, 3.05) is 13.2 Å². The number of rotatable bonds is 12. The molecular formula is C36H53BrN2O5. The lowest BCUT2D eigenvalue weighted by atomic mass is 9.66. The Morgan fingerprint density at radius 2 is 2.00 bits per heavy atom. The Bertz CT molecular complexity index is 1190. The van der Waals surface area contributed by atoms with Gasteiger partial charge in [0, 0.05) is 11.8 Å². The molecular weight excluding hydrogens is 620 g/mol. The summed E-state index contributed by atoms with van der Waals surface area (Å²) in [4.78, 5) is 16.6. The highest BCUT2D eigenvalue weighted by molar-refractivity contribution is 9.10. The van der Waals surface area contributed by atoms with Crippen LogP contribution in [0.2, 0.25) is 0 Å². The monoisotopic (exact) mass is 672 g/mol. The van der Waals surface area contributed by atoms with Crippen LogP contribution in [0.1, 0.15) is 86.0 Å². The molecule has 0 saturated carbocycles. The SMILES string of the molecule is C=C(O)C(C)(C)CC.CC1C=CC2=C[C@H](C)CCC2C1CCC(O)CCCC(=O)NC1=NCC(COc2ccccc2Br)O1. The lowest BCUT2D eigenvalue weighted by Crippen LogP contribution is -2.33. The first-order chi connectivity index (χ1) is 20.9. The van der Waals surface area contributed by atoms with Gasteiger partial charge in [0.05, 0.1) is 22.9 Å². The van der Waals surface area contributed by atoms with E-state index in [0.717, 1.165) is 29.5 Å². The highest BCUT2D eigenvalue weighted by Crippen LogP contribution is 2.43. The van der Waals surface area contributed by atoms with E-state index in [9.17, 15) is 9.90 Å². The molecule has 0 aromatic heterocycles. The van der Waals surface area contributed by atoms with Gasteiger partial charge in [0.2, 0.25) is 5.91 Å². The number of ether oxygens (including phenoxy) is 2. The molecule has 44 heavy (non-hydrogen) atoms. The fourth-order valence-corrected chi connectivity index (χ4v) is 6.15. The van der Waals surface area contributed by atoms with Crippen LogP contribution in [-0.4, -0.2) is 47.5 Å². The van der Waals surface area contributed by atoms with Gasteiger partial charge < -0.3 is 19.7 Å². The van der Waals surface area contributed by atoms with E-state index >= 15 is 0 Å². The van der Waals surface area contributed by atoms with Crippen LogP contribution in [-0.2, 0) is 9.53 Å². The van der Waals surface area contributed by atoms with Crippen LogP contribution in [0.15, 0.2) is 69.9 Å². The summed E-state index contributed by atoms with van der Waals surface area (Å²) in [6, 6.07) is 7.90. The van der Waals surface area contributed by atoms with Gasteiger partial charge >= 0.3 is 0 Å². The number of allylic oxidation sites excluding steroid dienone is 5. The van der Waals surface area contributed by atoms with Crippen molar-refractivity contribution in [2.24, 2.45) is 34.1 Å². The third-order valence-corrected chi connectivity index (χ3v) is 9.94. The van der Waals surface area contributed by atoms with Crippen LogP contribution < -0.4 is 10.1 Å². The third kappa shape index (κ3) is 11.1. The first-order valence-electron chi connectivity index (χ1n) is 16.2. The van der Waals surface area contributed by atoms with E-state index in [1.807, 2.05) is 45.0 Å². The minimum atomic E-state index is -0.371. The van der Waals surface area contributed by atoms with Crippen molar-refractivity contribution >= 4 is 27.9 Å². The molecule has 0 radical (unpaired) electrons. The molecule has 0 saturated heterocycles. The molecule has 0 fully saturated rings. The smallest absolute Gasteiger partial charge is 0.292 e. The predicted octanol–water partition coefficient (Wildman–Crippen LogP) is 8.30. The predicted molar refractivity (Wildman–Crippen MR) is 182 cm³/mol. The summed E-state index contributed by atoms with van der Waals surface area (Å²) in [6.07, 6.45) is 13.4. The molecule has 5 unspecified atom stereocenters. The van der Waals surface area contributed by atoms with E-state index in [2.05, 4.69) is 64.9 Å². The van der Waals surface area contributed by atoms with Gasteiger partial charge in [-0.05, 0) is 102 Å². The molecule has 6 atom stereocenters. The van der Waals surface area contributed by atoms with Gasteiger partial charge in [0.25, 0.3) is 6.02 Å². The van der Waals surface area contributed by atoms with Crippen molar-refractivity contribution in [3.63, 3.8) is 0 Å². The Balaban J connectivity index is 0.000000583. The number of amidine groups is 1. The molecule has 2 aliphatic carbocycles. The molecule has 3 aliphatic rings. The van der Waals surface area contributed by atoms with E-state index in [4.69, 9.17) is 14.6 Å². The number of nitrogens with zero attached hydrogens (tertiary/aromatic N) is 1. The zero-order valence-electron chi connectivity index (χ0n) is 27.2. The lowest BCUT2D eigenvalue weighted by molar-refractivity contribution is -0.120. The Hall–Kier alpha value is -2.58. The molecule has 1 aromatic carbocycles. The van der Waals surface area contributed by atoms with Crippen molar-refractivity contribution in [3.8, 4) is 5.75 Å². The zero-order chi connectivity index (χ0) is 32.3. The molecule has 0 spiro atoms. The third-order valence-electron chi connectivity index (χ3n) is 9.29. The minimum absolute atomic E-state index is 0.0972. The molecule has 1 aliphatic heterocycles. The lowest BCUT2D eigenvalue weighted by Gasteiger charge is -2.38. The first kappa shape index (κ1) is 35.9. The molecule has 1 aromatic rings. The number of carbonyl (C=O) groups is 1. The number of aliphatic hydroxyl groups is 2. The molecule has 0 bridgehead atoms. The molecule has 244 valence electrons. The summed E-state index contributed by atoms with van der Waals surface area (Å²) in [5.41, 5.74) is 1.40. The largest absolute Gasteiger partial charge is 0.512 e. The second-order valence-corrected chi connectivity index (χ2v) is 14.0. The van der Waals surface area contributed by atoms with Gasteiger partial charge in [-0.3, -0.25) is 10.1 Å². The van der Waals surface area contributed by atoms with Crippen LogP contribution in [0.4, 0.5) is 0 Å². The highest BCUT2D eigenvalue weighted by atomic mass is 79.9. The fraction of sp³-hybridized carbons (Fsp3) is 0.611. The van der Waals surface area contributed by atoms with Crippen LogP contribution in [0.5, 0.6) is 5.75 Å². The number of hydrogen-bond acceptors (Lipinski definition) is 6. The number of nitrogens with one attached hydrogen (secondary N) is 1. The van der Waals surface area contributed by atoms with Gasteiger partial charge in [-0.1, -0.05) is 71.6 Å². The van der Waals surface area contributed by atoms with Crippen molar-refractivity contribution in [1.82, 2.24) is 5.32 Å². The van der Waals surface area contributed by atoms with Crippen LogP contribution in [0.25, 0.3) is 0 Å². The van der Waals surface area contributed by atoms with E-state index in [1.54, 1.807) is 0 Å². The van der Waals surface area contributed by atoms with E-state index < -0.39 is 0 Å². The number of aliphatic imine (C=N–C) groups is 1. The van der Waals surface area contributed by atoms with Crippen LogP contribution in [0.3, 0.4) is 0 Å². The van der Waals surface area contributed by atoms with E-state index in [-0.39, 0.29) is 35.3 Å². The number of benzene rings is 1. The summed E-state index contributed by atoms with van der Waals surface area (Å²) in [5, 5.41) is 22.2. The van der Waals surface area contributed by atoms with Crippen LogP contribution >= 0.6 is 15.9 Å². The van der Waals surface area contributed by atoms with E-state index in [1.165, 1.54) is 18.4 Å². The molecule has 3 N–H and O–H groups in total. The van der Waals surface area contributed by atoms with E-state index in [0.29, 0.717) is 56.1 Å². The molecule has 1 amide bonds. The number of fused-ring (bicyclic) bond motifs is 1. The fourth-order valence-electron chi connectivity index (χ4n) is 5.75. The average molecular weight is 674 g/mol. The van der Waals surface area contributed by atoms with Gasteiger partial charge in [0.15, 0.2) is 6.10 Å². The number of hydrogen-bond donors (Lipinski definition) is 3. The Morgan fingerprint density at radius 3 is 2.68 bits per heavy atom. The summed E-state index contributed by atoms with van der Waals surface area (Å²) >= 11 is 3.46. The summed E-state index contributed by atoms with van der Waals surface area (Å²) in [5.74, 6) is 3.35. The molecule has 1 heterocycles. The van der Waals surface area contributed by atoms with Crippen molar-refractivity contribution in [2.45, 2.75) is 98.2 Å². The van der Waals surface area contributed by atoms with Crippen LogP contribution in [0, 0.1) is 29.1 Å². The zero-order valence-corrected chi connectivity index (χ0v) is 28.8. The normalized spacial score (nSPS) is 24.9. The maximum Gasteiger partial charge on any atom is 0.292 e. The maximum atomic E-state index is 12.3. The second-order valence-electron chi connectivity index (χ2n) is 13.2. The number of aliphatic hydroxyl groups excluding tert-OH is 2. The van der Waals surface area contributed by atoms with Crippen molar-refractivity contribution in [1.29, 1.82) is 0 Å². The molecule has 4 rings (SSSR count). The summed E-state index contributed by atoms with van der Waals surface area (Å²) < 4.78 is 12.4. The number of carbonyl (C=O) groups excluding carboxylic acids is 1. The Kier molecular flexibility index (Phi) is 14.0.